The van der Waals surface area contributed by atoms with Crippen molar-refractivity contribution in [3.05, 3.63) is 71.3 Å². The van der Waals surface area contributed by atoms with Gasteiger partial charge in [0, 0.05) is 31.9 Å². The zero-order chi connectivity index (χ0) is 26.3. The van der Waals surface area contributed by atoms with Crippen LogP contribution in [0.3, 0.4) is 0 Å². The number of imidazole rings is 1. The molecule has 1 atom stereocenters. The molecule has 2 heterocycles. The van der Waals surface area contributed by atoms with Gasteiger partial charge in [0.15, 0.2) is 11.5 Å². The first-order chi connectivity index (χ1) is 17.9. The Morgan fingerprint density at radius 3 is 2.62 bits per heavy atom. The van der Waals surface area contributed by atoms with Gasteiger partial charge in [-0.1, -0.05) is 30.7 Å². The highest BCUT2D eigenvalue weighted by atomic mass is 16.5. The van der Waals surface area contributed by atoms with Crippen molar-refractivity contribution in [3.8, 4) is 17.2 Å². The molecule has 7 heteroatoms. The molecule has 7 nitrogen and oxygen atoms in total. The molecule has 37 heavy (non-hydrogen) atoms. The summed E-state index contributed by atoms with van der Waals surface area (Å²) in [5, 5.41) is 11.3. The third-order valence-corrected chi connectivity index (χ3v) is 7.18. The van der Waals surface area contributed by atoms with Gasteiger partial charge in [-0.25, -0.2) is 4.98 Å². The topological polar surface area (TPSA) is 69.0 Å². The quantitative estimate of drug-likeness (QED) is 0.396. The number of aliphatic hydroxyl groups is 1. The van der Waals surface area contributed by atoms with Crippen LogP contribution < -0.4 is 14.2 Å². The van der Waals surface area contributed by atoms with Gasteiger partial charge in [0.05, 0.1) is 19.3 Å². The average molecular weight is 508 g/mol. The van der Waals surface area contributed by atoms with E-state index in [1.165, 1.54) is 11.1 Å². The lowest BCUT2D eigenvalue weighted by Crippen LogP contribution is -2.37. The molecule has 3 aromatic rings. The van der Waals surface area contributed by atoms with E-state index in [1.807, 2.05) is 37.5 Å². The SMILES string of the molecule is CCc1nccn1CCOc1ccc(CN2CCC[C@](O)(COc3ccc(C)cc3C)CC2)cc1OC. The van der Waals surface area contributed by atoms with Gasteiger partial charge in [-0.2, -0.15) is 0 Å². The lowest BCUT2D eigenvalue weighted by atomic mass is 9.96. The van der Waals surface area contributed by atoms with E-state index in [0.29, 0.717) is 19.6 Å². The van der Waals surface area contributed by atoms with E-state index < -0.39 is 5.60 Å². The van der Waals surface area contributed by atoms with Gasteiger partial charge >= 0.3 is 0 Å². The summed E-state index contributed by atoms with van der Waals surface area (Å²) in [5.41, 5.74) is 2.68. The minimum absolute atomic E-state index is 0.323. The van der Waals surface area contributed by atoms with Gasteiger partial charge in [0.1, 0.15) is 24.8 Å². The Balaban J connectivity index is 1.29. The minimum Gasteiger partial charge on any atom is -0.493 e. The second-order valence-corrected chi connectivity index (χ2v) is 10.1. The number of benzene rings is 2. The molecule has 1 saturated heterocycles. The Labute approximate surface area is 221 Å². The van der Waals surface area contributed by atoms with Gasteiger partial charge in [-0.05, 0) is 69.0 Å². The Kier molecular flexibility index (Phi) is 9.11. The summed E-state index contributed by atoms with van der Waals surface area (Å²) in [5.74, 6) is 3.41. The molecule has 200 valence electrons. The van der Waals surface area contributed by atoms with Gasteiger partial charge in [-0.15, -0.1) is 0 Å². The lowest BCUT2D eigenvalue weighted by Gasteiger charge is -2.27. The maximum atomic E-state index is 11.3. The molecule has 1 fully saturated rings. The molecule has 0 radical (unpaired) electrons. The first kappa shape index (κ1) is 27.0. The van der Waals surface area contributed by atoms with Crippen LogP contribution in [0.4, 0.5) is 0 Å². The van der Waals surface area contributed by atoms with Crippen molar-refractivity contribution in [1.82, 2.24) is 14.5 Å². The zero-order valence-corrected chi connectivity index (χ0v) is 22.7. The largest absolute Gasteiger partial charge is 0.493 e. The minimum atomic E-state index is -0.811. The van der Waals surface area contributed by atoms with E-state index in [2.05, 4.69) is 46.5 Å². The number of nitrogens with zero attached hydrogens (tertiary/aromatic N) is 3. The molecule has 0 unspecified atom stereocenters. The maximum Gasteiger partial charge on any atom is 0.161 e. The second-order valence-electron chi connectivity index (χ2n) is 10.1. The number of ether oxygens (including phenoxy) is 3. The summed E-state index contributed by atoms with van der Waals surface area (Å²) in [6, 6.07) is 12.3. The standard InChI is InChI=1S/C30H41N3O4/c1-5-29-31-13-16-33(29)17-18-36-27-10-8-25(20-28(27)35-4)21-32-14-6-11-30(34,12-15-32)22-37-26-9-7-23(2)19-24(26)3/h7-10,13,16,19-20,34H,5-6,11-12,14-15,17-18,21-22H2,1-4H3/t30-/m1/s1. The molecular weight excluding hydrogens is 466 g/mol. The van der Waals surface area contributed by atoms with Crippen LogP contribution in [0.15, 0.2) is 48.8 Å². The molecule has 4 rings (SSSR count). The van der Waals surface area contributed by atoms with Crippen LogP contribution in [-0.4, -0.2) is 58.6 Å². The Hall–Kier alpha value is -3.03. The molecule has 0 spiro atoms. The molecule has 0 bridgehead atoms. The average Bonchev–Trinajstić information content (AvgIpc) is 3.26. The van der Waals surface area contributed by atoms with Crippen LogP contribution in [0.2, 0.25) is 0 Å². The van der Waals surface area contributed by atoms with Gasteiger partial charge in [-0.3, -0.25) is 4.90 Å². The normalized spacial score (nSPS) is 18.4. The molecule has 2 aromatic carbocycles. The summed E-state index contributed by atoms with van der Waals surface area (Å²) >= 11 is 0. The summed E-state index contributed by atoms with van der Waals surface area (Å²) in [7, 11) is 1.68. The number of hydrogen-bond acceptors (Lipinski definition) is 6. The number of likely N-dealkylation sites (tertiary alicyclic amines) is 1. The van der Waals surface area contributed by atoms with E-state index in [4.69, 9.17) is 14.2 Å². The smallest absolute Gasteiger partial charge is 0.161 e. The van der Waals surface area contributed by atoms with Crippen LogP contribution in [0, 0.1) is 13.8 Å². The Morgan fingerprint density at radius 2 is 1.84 bits per heavy atom. The highest BCUT2D eigenvalue weighted by molar-refractivity contribution is 5.43. The van der Waals surface area contributed by atoms with Crippen LogP contribution in [0.5, 0.6) is 17.2 Å². The van der Waals surface area contributed by atoms with Crippen LogP contribution in [0.1, 0.15) is 48.7 Å². The summed E-state index contributed by atoms with van der Waals surface area (Å²) in [4.78, 5) is 6.76. The second kappa shape index (κ2) is 12.5. The van der Waals surface area contributed by atoms with Crippen molar-refractivity contribution in [2.45, 2.75) is 65.1 Å². The molecule has 1 aliphatic rings. The number of rotatable bonds is 11. The van der Waals surface area contributed by atoms with Crippen LogP contribution >= 0.6 is 0 Å². The van der Waals surface area contributed by atoms with Crippen molar-refractivity contribution >= 4 is 0 Å². The van der Waals surface area contributed by atoms with Gasteiger partial charge in [0.25, 0.3) is 0 Å². The van der Waals surface area contributed by atoms with Crippen molar-refractivity contribution in [3.63, 3.8) is 0 Å². The molecule has 1 N–H and O–H groups in total. The number of methoxy groups -OCH3 is 1. The van der Waals surface area contributed by atoms with E-state index in [0.717, 1.165) is 74.1 Å². The van der Waals surface area contributed by atoms with Crippen molar-refractivity contribution < 1.29 is 19.3 Å². The first-order valence-electron chi connectivity index (χ1n) is 13.3. The van der Waals surface area contributed by atoms with E-state index in [-0.39, 0.29) is 0 Å². The number of aryl methyl sites for hydroxylation is 3. The third-order valence-electron chi connectivity index (χ3n) is 7.18. The van der Waals surface area contributed by atoms with E-state index in [1.54, 1.807) is 7.11 Å². The summed E-state index contributed by atoms with van der Waals surface area (Å²) in [6.07, 6.45) is 7.07. The summed E-state index contributed by atoms with van der Waals surface area (Å²) < 4.78 is 19.8. The Morgan fingerprint density at radius 1 is 1.00 bits per heavy atom. The molecule has 1 aromatic heterocycles. The maximum absolute atomic E-state index is 11.3. The van der Waals surface area contributed by atoms with Crippen molar-refractivity contribution in [2.24, 2.45) is 0 Å². The van der Waals surface area contributed by atoms with Gasteiger partial charge in [0.2, 0.25) is 0 Å². The van der Waals surface area contributed by atoms with Crippen LogP contribution in [0.25, 0.3) is 0 Å². The summed E-state index contributed by atoms with van der Waals surface area (Å²) in [6.45, 7) is 10.4. The molecule has 1 aliphatic heterocycles. The van der Waals surface area contributed by atoms with Crippen molar-refractivity contribution in [1.29, 1.82) is 0 Å². The predicted molar refractivity (Wildman–Crippen MR) is 146 cm³/mol. The fraction of sp³-hybridized carbons (Fsp3) is 0.500. The highest BCUT2D eigenvalue weighted by Crippen LogP contribution is 2.30. The monoisotopic (exact) mass is 507 g/mol. The fourth-order valence-corrected chi connectivity index (χ4v) is 5.01. The highest BCUT2D eigenvalue weighted by Gasteiger charge is 2.31. The Bertz CT molecular complexity index is 1160. The molecule has 0 saturated carbocycles. The first-order valence-corrected chi connectivity index (χ1v) is 13.3. The predicted octanol–water partition coefficient (Wildman–Crippen LogP) is 4.95. The molecular formula is C30H41N3O4. The fourth-order valence-electron chi connectivity index (χ4n) is 5.01. The lowest BCUT2D eigenvalue weighted by molar-refractivity contribution is -0.0170. The third kappa shape index (κ3) is 7.27. The van der Waals surface area contributed by atoms with E-state index in [9.17, 15) is 5.11 Å². The molecule has 0 amide bonds. The number of aromatic nitrogens is 2. The van der Waals surface area contributed by atoms with E-state index >= 15 is 0 Å². The van der Waals surface area contributed by atoms with Crippen molar-refractivity contribution in [2.75, 3.05) is 33.4 Å². The number of hydrogen-bond donors (Lipinski definition) is 1. The van der Waals surface area contributed by atoms with Gasteiger partial charge < -0.3 is 23.9 Å². The van der Waals surface area contributed by atoms with Crippen LogP contribution in [-0.2, 0) is 19.5 Å². The zero-order valence-electron chi connectivity index (χ0n) is 22.7. The molecule has 0 aliphatic carbocycles.